The number of thioether (sulfide) groups is 1. The van der Waals surface area contributed by atoms with Crippen LogP contribution in [-0.4, -0.2) is 42.4 Å². The highest BCUT2D eigenvalue weighted by molar-refractivity contribution is 7.99. The number of carbonyl (C=O) groups is 1. The Kier molecular flexibility index (Phi) is 5.86. The maximum Gasteiger partial charge on any atom is 0.320 e. The first kappa shape index (κ1) is 15.3. The van der Waals surface area contributed by atoms with Crippen molar-refractivity contribution in [2.45, 2.75) is 30.7 Å². The molecule has 2 rings (SSSR count). The van der Waals surface area contributed by atoms with Crippen LogP contribution in [0, 0.1) is 5.82 Å². The summed E-state index contributed by atoms with van der Waals surface area (Å²) in [6.07, 6.45) is 2.33. The van der Waals surface area contributed by atoms with Gasteiger partial charge in [-0.05, 0) is 44.0 Å². The van der Waals surface area contributed by atoms with Gasteiger partial charge in [0, 0.05) is 23.2 Å². The molecule has 0 unspecified atom stereocenters. The van der Waals surface area contributed by atoms with Crippen LogP contribution in [0.1, 0.15) is 19.8 Å². The summed E-state index contributed by atoms with van der Waals surface area (Å²) in [5.74, 6) is 0.532. The highest BCUT2D eigenvalue weighted by Crippen LogP contribution is 2.27. The van der Waals surface area contributed by atoms with E-state index in [2.05, 4.69) is 4.90 Å². The lowest BCUT2D eigenvalue weighted by atomic mass is 10.4. The molecule has 5 heteroatoms. The van der Waals surface area contributed by atoms with Gasteiger partial charge in [0.25, 0.3) is 0 Å². The fraction of sp³-hybridized carbons (Fsp3) is 0.533. The van der Waals surface area contributed by atoms with E-state index < -0.39 is 0 Å². The van der Waals surface area contributed by atoms with Gasteiger partial charge in [-0.15, -0.1) is 11.8 Å². The monoisotopic (exact) mass is 297 g/mol. The van der Waals surface area contributed by atoms with E-state index in [1.165, 1.54) is 25.0 Å². The predicted molar refractivity (Wildman–Crippen MR) is 78.4 cm³/mol. The second-order valence-electron chi connectivity index (χ2n) is 4.81. The summed E-state index contributed by atoms with van der Waals surface area (Å²) in [4.78, 5) is 14.8. The van der Waals surface area contributed by atoms with Crippen molar-refractivity contribution in [2.75, 3.05) is 25.4 Å². The molecule has 1 aliphatic rings. The highest BCUT2D eigenvalue weighted by Gasteiger charge is 2.30. The summed E-state index contributed by atoms with van der Waals surface area (Å²) in [5.41, 5.74) is 0. The summed E-state index contributed by atoms with van der Waals surface area (Å²) in [6.45, 7) is 3.49. The topological polar surface area (TPSA) is 29.5 Å². The average Bonchev–Trinajstić information content (AvgIpc) is 3.24. The van der Waals surface area contributed by atoms with Gasteiger partial charge in [-0.25, -0.2) is 4.39 Å². The van der Waals surface area contributed by atoms with E-state index in [9.17, 15) is 9.18 Å². The molecule has 0 heterocycles. The minimum absolute atomic E-state index is 0.147. The standard InChI is InChI=1S/C15H20FNO2S/c1-2-19-15(18)11-17(13-5-6-13)9-10-20-14-7-3-12(16)4-8-14/h3-4,7-8,13H,2,5-6,9-11H2,1H3. The minimum atomic E-state index is -0.212. The van der Waals surface area contributed by atoms with Gasteiger partial charge in [-0.1, -0.05) is 0 Å². The van der Waals surface area contributed by atoms with Crippen molar-refractivity contribution in [2.24, 2.45) is 0 Å². The predicted octanol–water partition coefficient (Wildman–Crippen LogP) is 2.95. The van der Waals surface area contributed by atoms with Gasteiger partial charge in [0.05, 0.1) is 13.2 Å². The smallest absolute Gasteiger partial charge is 0.320 e. The third-order valence-electron chi connectivity index (χ3n) is 3.16. The number of carbonyl (C=O) groups excluding carboxylic acids is 1. The molecule has 1 fully saturated rings. The first-order valence-corrected chi connectivity index (χ1v) is 7.95. The van der Waals surface area contributed by atoms with Crippen molar-refractivity contribution >= 4 is 17.7 Å². The molecule has 0 spiro atoms. The molecule has 0 aliphatic heterocycles. The van der Waals surface area contributed by atoms with Crippen molar-refractivity contribution < 1.29 is 13.9 Å². The molecule has 0 N–H and O–H groups in total. The van der Waals surface area contributed by atoms with Crippen LogP contribution in [0.5, 0.6) is 0 Å². The van der Waals surface area contributed by atoms with Crippen molar-refractivity contribution in [1.82, 2.24) is 4.90 Å². The zero-order chi connectivity index (χ0) is 14.4. The van der Waals surface area contributed by atoms with Crippen LogP contribution in [0.25, 0.3) is 0 Å². The number of esters is 1. The maximum atomic E-state index is 12.8. The number of nitrogens with zero attached hydrogens (tertiary/aromatic N) is 1. The molecule has 3 nitrogen and oxygen atoms in total. The van der Waals surface area contributed by atoms with Crippen LogP contribution in [0.2, 0.25) is 0 Å². The van der Waals surface area contributed by atoms with Crippen LogP contribution in [-0.2, 0) is 9.53 Å². The van der Waals surface area contributed by atoms with E-state index in [0.29, 0.717) is 19.2 Å². The Morgan fingerprint density at radius 1 is 1.40 bits per heavy atom. The van der Waals surface area contributed by atoms with Gasteiger partial charge in [-0.2, -0.15) is 0 Å². The Morgan fingerprint density at radius 2 is 2.10 bits per heavy atom. The number of benzene rings is 1. The van der Waals surface area contributed by atoms with E-state index in [0.717, 1.165) is 17.2 Å². The quantitative estimate of drug-likeness (QED) is 0.545. The molecule has 0 atom stereocenters. The Bertz CT molecular complexity index is 434. The largest absolute Gasteiger partial charge is 0.465 e. The molecule has 0 saturated heterocycles. The van der Waals surface area contributed by atoms with E-state index in [-0.39, 0.29) is 11.8 Å². The molecule has 20 heavy (non-hydrogen) atoms. The molecule has 110 valence electrons. The molecular formula is C15H20FNO2S. The molecule has 0 aromatic heterocycles. The molecule has 1 saturated carbocycles. The van der Waals surface area contributed by atoms with E-state index in [1.54, 1.807) is 23.9 Å². The summed E-state index contributed by atoms with van der Waals surface area (Å²) in [6, 6.07) is 7.05. The van der Waals surface area contributed by atoms with Crippen LogP contribution >= 0.6 is 11.8 Å². The summed E-state index contributed by atoms with van der Waals surface area (Å²) >= 11 is 1.68. The van der Waals surface area contributed by atoms with Crippen LogP contribution in [0.4, 0.5) is 4.39 Å². The number of hydrogen-bond donors (Lipinski definition) is 0. The molecule has 0 amide bonds. The number of rotatable bonds is 8. The molecule has 1 aromatic carbocycles. The number of hydrogen-bond acceptors (Lipinski definition) is 4. The zero-order valence-electron chi connectivity index (χ0n) is 11.7. The first-order valence-electron chi connectivity index (χ1n) is 6.97. The zero-order valence-corrected chi connectivity index (χ0v) is 12.5. The first-order chi connectivity index (χ1) is 9.69. The second kappa shape index (κ2) is 7.64. The minimum Gasteiger partial charge on any atom is -0.465 e. The Hall–Kier alpha value is -1.07. The van der Waals surface area contributed by atoms with Crippen LogP contribution in [0.15, 0.2) is 29.2 Å². The summed E-state index contributed by atoms with van der Waals surface area (Å²) in [5, 5.41) is 0. The third kappa shape index (κ3) is 5.13. The number of halogens is 1. The second-order valence-corrected chi connectivity index (χ2v) is 5.98. The van der Waals surface area contributed by atoms with Crippen LogP contribution in [0.3, 0.4) is 0 Å². The summed E-state index contributed by atoms with van der Waals surface area (Å²) < 4.78 is 17.8. The van der Waals surface area contributed by atoms with Crippen molar-refractivity contribution in [3.05, 3.63) is 30.1 Å². The van der Waals surface area contributed by atoms with Crippen molar-refractivity contribution in [3.63, 3.8) is 0 Å². The number of ether oxygens (including phenoxy) is 1. The maximum absolute atomic E-state index is 12.8. The third-order valence-corrected chi connectivity index (χ3v) is 4.15. The van der Waals surface area contributed by atoms with Gasteiger partial charge in [0.2, 0.25) is 0 Å². The lowest BCUT2D eigenvalue weighted by Gasteiger charge is -2.20. The van der Waals surface area contributed by atoms with Gasteiger partial charge in [-0.3, -0.25) is 9.69 Å². The Morgan fingerprint density at radius 3 is 2.70 bits per heavy atom. The molecule has 0 bridgehead atoms. The van der Waals surface area contributed by atoms with E-state index in [1.807, 2.05) is 6.92 Å². The SMILES string of the molecule is CCOC(=O)CN(CCSc1ccc(F)cc1)C1CC1. The fourth-order valence-corrected chi connectivity index (χ4v) is 2.90. The van der Waals surface area contributed by atoms with Gasteiger partial charge in [0.1, 0.15) is 5.82 Å². The highest BCUT2D eigenvalue weighted by atomic mass is 32.2. The fourth-order valence-electron chi connectivity index (χ4n) is 2.01. The van der Waals surface area contributed by atoms with Gasteiger partial charge in [0.15, 0.2) is 0 Å². The Labute approximate surface area is 123 Å². The molecule has 1 aromatic rings. The van der Waals surface area contributed by atoms with E-state index >= 15 is 0 Å². The average molecular weight is 297 g/mol. The van der Waals surface area contributed by atoms with Crippen LogP contribution < -0.4 is 0 Å². The van der Waals surface area contributed by atoms with Gasteiger partial charge < -0.3 is 4.74 Å². The van der Waals surface area contributed by atoms with Crippen molar-refractivity contribution in [1.29, 1.82) is 0 Å². The summed E-state index contributed by atoms with van der Waals surface area (Å²) in [7, 11) is 0. The molecule has 1 aliphatic carbocycles. The normalized spacial score (nSPS) is 14.6. The van der Waals surface area contributed by atoms with E-state index in [4.69, 9.17) is 4.74 Å². The van der Waals surface area contributed by atoms with Gasteiger partial charge >= 0.3 is 5.97 Å². The van der Waals surface area contributed by atoms with Crippen molar-refractivity contribution in [3.8, 4) is 0 Å². The lowest BCUT2D eigenvalue weighted by molar-refractivity contribution is -0.144. The lowest BCUT2D eigenvalue weighted by Crippen LogP contribution is -2.34. The Balaban J connectivity index is 1.74. The molecular weight excluding hydrogens is 277 g/mol. The molecule has 0 radical (unpaired) electrons.